The molecule has 1 heterocycles. The first kappa shape index (κ1) is 9.99. The smallest absolute Gasteiger partial charge is 0.0597 e. The van der Waals surface area contributed by atoms with Crippen LogP contribution in [-0.2, 0) is 13.6 Å². The van der Waals surface area contributed by atoms with Crippen LogP contribution in [0.3, 0.4) is 0 Å². The Kier molecular flexibility index (Phi) is 2.54. The maximum atomic E-state index is 5.88. The second-order valence-corrected chi connectivity index (χ2v) is 4.44. The molecule has 0 radical (unpaired) electrons. The van der Waals surface area contributed by atoms with Crippen LogP contribution in [0.2, 0.25) is 0 Å². The molecule has 1 aliphatic rings. The number of aromatic nitrogens is 2. The molecule has 78 valence electrons. The van der Waals surface area contributed by atoms with E-state index < -0.39 is 0 Å². The summed E-state index contributed by atoms with van der Waals surface area (Å²) in [5.41, 5.74) is 2.51. The summed E-state index contributed by atoms with van der Waals surface area (Å²) in [7, 11) is 1.98. The zero-order valence-corrected chi connectivity index (χ0v) is 9.43. The molecule has 0 aliphatic heterocycles. The van der Waals surface area contributed by atoms with Crippen LogP contribution in [0.4, 0.5) is 0 Å². The second-order valence-electron chi connectivity index (χ2n) is 4.17. The zero-order valence-electron chi connectivity index (χ0n) is 8.68. The third kappa shape index (κ3) is 1.93. The van der Waals surface area contributed by atoms with Gasteiger partial charge in [0.05, 0.1) is 11.4 Å². The second kappa shape index (κ2) is 3.55. The lowest BCUT2D eigenvalue weighted by Crippen LogP contribution is -2.32. The van der Waals surface area contributed by atoms with Gasteiger partial charge in [-0.2, -0.15) is 5.10 Å². The Labute approximate surface area is 89.4 Å². The van der Waals surface area contributed by atoms with Gasteiger partial charge in [0.15, 0.2) is 0 Å². The Balaban J connectivity index is 1.95. The average molecular weight is 214 g/mol. The van der Waals surface area contributed by atoms with Gasteiger partial charge in [0.25, 0.3) is 0 Å². The van der Waals surface area contributed by atoms with Gasteiger partial charge < -0.3 is 5.32 Å². The van der Waals surface area contributed by atoms with Gasteiger partial charge in [-0.3, -0.25) is 4.68 Å². The minimum Gasteiger partial charge on any atom is -0.304 e. The molecule has 1 aromatic heterocycles. The number of hydrogen-bond acceptors (Lipinski definition) is 2. The Bertz CT molecular complexity index is 328. The number of nitrogens with zero attached hydrogens (tertiary/aromatic N) is 2. The number of aryl methyl sites for hydroxylation is 2. The fourth-order valence-electron chi connectivity index (χ4n) is 1.62. The van der Waals surface area contributed by atoms with Crippen molar-refractivity contribution in [2.75, 3.05) is 5.88 Å². The van der Waals surface area contributed by atoms with Crippen LogP contribution < -0.4 is 5.32 Å². The van der Waals surface area contributed by atoms with E-state index in [-0.39, 0.29) is 5.54 Å². The van der Waals surface area contributed by atoms with E-state index >= 15 is 0 Å². The summed E-state index contributed by atoms with van der Waals surface area (Å²) in [6.45, 7) is 2.88. The lowest BCUT2D eigenvalue weighted by molar-refractivity contribution is 0.522. The highest BCUT2D eigenvalue weighted by molar-refractivity contribution is 6.18. The predicted octanol–water partition coefficient (Wildman–Crippen LogP) is 1.59. The Morgan fingerprint density at radius 3 is 2.79 bits per heavy atom. The number of halogens is 1. The van der Waals surface area contributed by atoms with Crippen molar-refractivity contribution in [1.82, 2.24) is 15.1 Å². The molecule has 2 rings (SSSR count). The summed E-state index contributed by atoms with van der Waals surface area (Å²) in [6, 6.07) is 2.11. The van der Waals surface area contributed by atoms with E-state index in [0.717, 1.165) is 12.2 Å². The van der Waals surface area contributed by atoms with Gasteiger partial charge in [0, 0.05) is 25.0 Å². The highest BCUT2D eigenvalue weighted by Crippen LogP contribution is 2.36. The van der Waals surface area contributed by atoms with Gasteiger partial charge in [-0.15, -0.1) is 11.6 Å². The minimum atomic E-state index is 0.222. The largest absolute Gasteiger partial charge is 0.304 e. The Morgan fingerprint density at radius 2 is 2.36 bits per heavy atom. The monoisotopic (exact) mass is 213 g/mol. The Hall–Kier alpha value is -0.540. The van der Waals surface area contributed by atoms with E-state index in [1.54, 1.807) is 0 Å². The maximum Gasteiger partial charge on any atom is 0.0597 e. The molecule has 14 heavy (non-hydrogen) atoms. The van der Waals surface area contributed by atoms with Crippen molar-refractivity contribution in [3.05, 3.63) is 17.5 Å². The summed E-state index contributed by atoms with van der Waals surface area (Å²) in [5, 5.41) is 7.80. The standard InChI is InChI=1S/C10H16ClN3/c1-8-5-9(14(2)13-8)6-12-10(7-11)3-4-10/h5,12H,3-4,6-7H2,1-2H3. The summed E-state index contributed by atoms with van der Waals surface area (Å²) in [4.78, 5) is 0. The molecular formula is C10H16ClN3. The summed E-state index contributed by atoms with van der Waals surface area (Å²) in [5.74, 6) is 0.712. The molecule has 1 aromatic rings. The molecule has 1 N–H and O–H groups in total. The van der Waals surface area contributed by atoms with Crippen molar-refractivity contribution >= 4 is 11.6 Å². The van der Waals surface area contributed by atoms with E-state index in [0.29, 0.717) is 5.88 Å². The number of alkyl halides is 1. The lowest BCUT2D eigenvalue weighted by Gasteiger charge is -2.13. The third-order valence-electron chi connectivity index (χ3n) is 2.85. The first-order valence-corrected chi connectivity index (χ1v) is 5.49. The van der Waals surface area contributed by atoms with Crippen LogP contribution in [-0.4, -0.2) is 21.2 Å². The first-order valence-electron chi connectivity index (χ1n) is 4.96. The molecule has 0 amide bonds. The molecule has 1 fully saturated rings. The molecule has 0 saturated heterocycles. The molecule has 1 aliphatic carbocycles. The lowest BCUT2D eigenvalue weighted by atomic mass is 10.3. The molecule has 0 atom stereocenters. The van der Waals surface area contributed by atoms with E-state index in [4.69, 9.17) is 11.6 Å². The molecule has 1 saturated carbocycles. The molecule has 3 nitrogen and oxygen atoms in total. The van der Waals surface area contributed by atoms with E-state index in [2.05, 4.69) is 16.5 Å². The van der Waals surface area contributed by atoms with Crippen molar-refractivity contribution in [1.29, 1.82) is 0 Å². The van der Waals surface area contributed by atoms with E-state index in [9.17, 15) is 0 Å². The van der Waals surface area contributed by atoms with Gasteiger partial charge in [-0.05, 0) is 25.8 Å². The predicted molar refractivity (Wildman–Crippen MR) is 57.5 cm³/mol. The first-order chi connectivity index (χ1) is 6.65. The van der Waals surface area contributed by atoms with Crippen molar-refractivity contribution in [2.45, 2.75) is 31.8 Å². The van der Waals surface area contributed by atoms with Crippen molar-refractivity contribution in [2.24, 2.45) is 7.05 Å². The molecule has 4 heteroatoms. The number of hydrogen-bond donors (Lipinski definition) is 1. The maximum absolute atomic E-state index is 5.88. The van der Waals surface area contributed by atoms with Crippen LogP contribution in [0.25, 0.3) is 0 Å². The van der Waals surface area contributed by atoms with E-state index in [1.165, 1.54) is 18.5 Å². The van der Waals surface area contributed by atoms with Gasteiger partial charge in [-0.25, -0.2) is 0 Å². The quantitative estimate of drug-likeness (QED) is 0.770. The highest BCUT2D eigenvalue weighted by atomic mass is 35.5. The van der Waals surface area contributed by atoms with Crippen LogP contribution in [0.1, 0.15) is 24.2 Å². The van der Waals surface area contributed by atoms with Crippen LogP contribution in [0.5, 0.6) is 0 Å². The topological polar surface area (TPSA) is 29.9 Å². The molecule has 0 spiro atoms. The van der Waals surface area contributed by atoms with Crippen LogP contribution >= 0.6 is 11.6 Å². The highest BCUT2D eigenvalue weighted by Gasteiger charge is 2.41. The average Bonchev–Trinajstić information content (AvgIpc) is 2.86. The van der Waals surface area contributed by atoms with Crippen LogP contribution in [0, 0.1) is 6.92 Å². The summed E-state index contributed by atoms with van der Waals surface area (Å²) in [6.07, 6.45) is 2.40. The number of rotatable bonds is 4. The van der Waals surface area contributed by atoms with Crippen molar-refractivity contribution < 1.29 is 0 Å². The third-order valence-corrected chi connectivity index (χ3v) is 3.36. The van der Waals surface area contributed by atoms with Gasteiger partial charge in [0.2, 0.25) is 0 Å². The van der Waals surface area contributed by atoms with E-state index in [1.807, 2.05) is 18.7 Å². The van der Waals surface area contributed by atoms with Gasteiger partial charge >= 0.3 is 0 Å². The molecule has 0 bridgehead atoms. The fraction of sp³-hybridized carbons (Fsp3) is 0.700. The SMILES string of the molecule is Cc1cc(CNC2(CCl)CC2)n(C)n1. The van der Waals surface area contributed by atoms with Crippen molar-refractivity contribution in [3.63, 3.8) is 0 Å². The van der Waals surface area contributed by atoms with Gasteiger partial charge in [0.1, 0.15) is 0 Å². The molecular weight excluding hydrogens is 198 g/mol. The fourth-order valence-corrected chi connectivity index (χ4v) is 1.98. The normalized spacial score (nSPS) is 18.5. The van der Waals surface area contributed by atoms with Gasteiger partial charge in [-0.1, -0.05) is 0 Å². The zero-order chi connectivity index (χ0) is 10.2. The molecule has 0 unspecified atom stereocenters. The minimum absolute atomic E-state index is 0.222. The summed E-state index contributed by atoms with van der Waals surface area (Å²) >= 11 is 5.88. The number of nitrogens with one attached hydrogen (secondary N) is 1. The van der Waals surface area contributed by atoms with Crippen LogP contribution in [0.15, 0.2) is 6.07 Å². The Morgan fingerprint density at radius 1 is 1.64 bits per heavy atom. The molecule has 0 aromatic carbocycles. The summed E-state index contributed by atoms with van der Waals surface area (Å²) < 4.78 is 1.92. The van der Waals surface area contributed by atoms with Crippen molar-refractivity contribution in [3.8, 4) is 0 Å².